The number of halogens is 2. The van der Waals surface area contributed by atoms with E-state index >= 15 is 0 Å². The highest BCUT2D eigenvalue weighted by Gasteiger charge is 2.19. The Kier molecular flexibility index (Phi) is 4.98. The first-order valence-corrected chi connectivity index (χ1v) is 4.73. The Bertz CT molecular complexity index is 370. The molecule has 0 aromatic carbocycles. The van der Waals surface area contributed by atoms with E-state index in [2.05, 4.69) is 10.5 Å². The van der Waals surface area contributed by atoms with Crippen molar-refractivity contribution in [3.63, 3.8) is 0 Å². The molecule has 0 aliphatic heterocycles. The zero-order valence-electron chi connectivity index (χ0n) is 9.02. The molecule has 1 unspecified atom stereocenters. The molecule has 0 saturated heterocycles. The third-order valence-electron chi connectivity index (χ3n) is 1.84. The van der Waals surface area contributed by atoms with Gasteiger partial charge in [0.2, 0.25) is 0 Å². The van der Waals surface area contributed by atoms with E-state index in [-0.39, 0.29) is 12.3 Å². The molecule has 0 bridgehead atoms. The van der Waals surface area contributed by atoms with Gasteiger partial charge in [0, 0.05) is 19.7 Å². The average molecular weight is 250 g/mol. The van der Waals surface area contributed by atoms with Crippen LogP contribution in [-0.4, -0.2) is 42.4 Å². The second-order valence-electron chi connectivity index (χ2n) is 3.22. The van der Waals surface area contributed by atoms with Crippen LogP contribution in [0, 0.1) is 0 Å². The van der Waals surface area contributed by atoms with Gasteiger partial charge in [0.05, 0.1) is 0 Å². The third kappa shape index (κ3) is 4.08. The number of aromatic nitrogens is 1. The zero-order valence-corrected chi connectivity index (χ0v) is 9.02. The standard InChI is InChI=1S/C9H12F2N2O4/c1-16-4-5-2-6(13-17-5)9(15)12-3-7(14)8(10)11/h2,7-8,14H,3-4H2,1H3,(H,12,15). The molecule has 0 fully saturated rings. The Hall–Kier alpha value is -1.54. The maximum Gasteiger partial charge on any atom is 0.273 e. The molecule has 96 valence electrons. The van der Waals surface area contributed by atoms with Crippen molar-refractivity contribution >= 4 is 5.91 Å². The Morgan fingerprint density at radius 2 is 2.41 bits per heavy atom. The lowest BCUT2D eigenvalue weighted by Crippen LogP contribution is -2.35. The highest BCUT2D eigenvalue weighted by atomic mass is 19.3. The first-order chi connectivity index (χ1) is 8.04. The van der Waals surface area contributed by atoms with Crippen LogP contribution in [0.4, 0.5) is 8.78 Å². The highest BCUT2D eigenvalue weighted by Crippen LogP contribution is 2.05. The lowest BCUT2D eigenvalue weighted by molar-refractivity contribution is -0.00274. The Labute approximate surface area is 95.5 Å². The molecule has 0 radical (unpaired) electrons. The molecule has 1 rings (SSSR count). The van der Waals surface area contributed by atoms with Gasteiger partial charge >= 0.3 is 0 Å². The molecule has 1 aromatic heterocycles. The summed E-state index contributed by atoms with van der Waals surface area (Å²) in [5, 5.41) is 14.3. The summed E-state index contributed by atoms with van der Waals surface area (Å²) in [5.74, 6) is -0.358. The molecule has 17 heavy (non-hydrogen) atoms. The molecule has 8 heteroatoms. The number of nitrogens with one attached hydrogen (secondary N) is 1. The number of aliphatic hydroxyl groups excluding tert-OH is 1. The molecular weight excluding hydrogens is 238 g/mol. The summed E-state index contributed by atoms with van der Waals surface area (Å²) in [7, 11) is 1.45. The molecular formula is C9H12F2N2O4. The fourth-order valence-corrected chi connectivity index (χ4v) is 1.01. The van der Waals surface area contributed by atoms with Crippen LogP contribution in [0.5, 0.6) is 0 Å². The van der Waals surface area contributed by atoms with Crippen LogP contribution in [0.3, 0.4) is 0 Å². The molecule has 1 aromatic rings. The van der Waals surface area contributed by atoms with Crippen molar-refractivity contribution in [2.24, 2.45) is 0 Å². The van der Waals surface area contributed by atoms with Crippen molar-refractivity contribution < 1.29 is 27.9 Å². The van der Waals surface area contributed by atoms with E-state index < -0.39 is 25.0 Å². The summed E-state index contributed by atoms with van der Waals surface area (Å²) >= 11 is 0. The van der Waals surface area contributed by atoms with Crippen molar-refractivity contribution in [3.8, 4) is 0 Å². The molecule has 1 heterocycles. The van der Waals surface area contributed by atoms with E-state index in [1.165, 1.54) is 13.2 Å². The molecule has 6 nitrogen and oxygen atoms in total. The highest BCUT2D eigenvalue weighted by molar-refractivity contribution is 5.92. The Morgan fingerprint density at radius 3 is 3.00 bits per heavy atom. The number of hydrogen-bond acceptors (Lipinski definition) is 5. The average Bonchev–Trinajstić information content (AvgIpc) is 2.74. The number of methoxy groups -OCH3 is 1. The zero-order chi connectivity index (χ0) is 12.8. The van der Waals surface area contributed by atoms with Crippen LogP contribution in [0.25, 0.3) is 0 Å². The molecule has 1 atom stereocenters. The molecule has 0 aliphatic carbocycles. The van der Waals surface area contributed by atoms with E-state index in [4.69, 9.17) is 14.4 Å². The van der Waals surface area contributed by atoms with E-state index in [1.807, 2.05) is 0 Å². The van der Waals surface area contributed by atoms with Gasteiger partial charge in [-0.25, -0.2) is 8.78 Å². The second kappa shape index (κ2) is 6.26. The number of aliphatic hydroxyl groups is 1. The van der Waals surface area contributed by atoms with Crippen LogP contribution in [-0.2, 0) is 11.3 Å². The summed E-state index contributed by atoms with van der Waals surface area (Å²) < 4.78 is 33.3. The van der Waals surface area contributed by atoms with Gasteiger partial charge in [-0.3, -0.25) is 4.79 Å². The second-order valence-corrected chi connectivity index (χ2v) is 3.22. The monoisotopic (exact) mass is 250 g/mol. The van der Waals surface area contributed by atoms with Crippen LogP contribution in [0.1, 0.15) is 16.2 Å². The van der Waals surface area contributed by atoms with Crippen LogP contribution in [0.2, 0.25) is 0 Å². The lowest BCUT2D eigenvalue weighted by atomic mass is 10.3. The molecule has 0 spiro atoms. The fraction of sp³-hybridized carbons (Fsp3) is 0.556. The van der Waals surface area contributed by atoms with Gasteiger partial charge in [-0.2, -0.15) is 0 Å². The van der Waals surface area contributed by atoms with Crippen molar-refractivity contribution in [2.45, 2.75) is 19.1 Å². The van der Waals surface area contributed by atoms with Gasteiger partial charge in [-0.1, -0.05) is 5.16 Å². The van der Waals surface area contributed by atoms with Gasteiger partial charge < -0.3 is 19.7 Å². The van der Waals surface area contributed by atoms with E-state index in [1.54, 1.807) is 0 Å². The van der Waals surface area contributed by atoms with Gasteiger partial charge in [0.25, 0.3) is 12.3 Å². The number of amides is 1. The largest absolute Gasteiger partial charge is 0.385 e. The molecule has 2 N–H and O–H groups in total. The number of ether oxygens (including phenoxy) is 1. The van der Waals surface area contributed by atoms with Crippen molar-refractivity contribution in [2.75, 3.05) is 13.7 Å². The number of carbonyl (C=O) groups is 1. The summed E-state index contributed by atoms with van der Waals surface area (Å²) in [6.07, 6.45) is -4.80. The van der Waals surface area contributed by atoms with Gasteiger partial charge in [0.1, 0.15) is 12.7 Å². The van der Waals surface area contributed by atoms with Gasteiger partial charge in [-0.05, 0) is 0 Å². The van der Waals surface area contributed by atoms with Gasteiger partial charge in [0.15, 0.2) is 11.5 Å². The lowest BCUT2D eigenvalue weighted by Gasteiger charge is -2.09. The number of carbonyl (C=O) groups excluding carboxylic acids is 1. The normalized spacial score (nSPS) is 12.8. The molecule has 0 saturated carbocycles. The minimum absolute atomic E-state index is 0.0569. The number of hydrogen-bond donors (Lipinski definition) is 2. The summed E-state index contributed by atoms with van der Waals surface area (Å²) in [6, 6.07) is 1.33. The number of alkyl halides is 2. The van der Waals surface area contributed by atoms with E-state index in [0.717, 1.165) is 0 Å². The van der Waals surface area contributed by atoms with Crippen molar-refractivity contribution in [1.29, 1.82) is 0 Å². The summed E-state index contributed by atoms with van der Waals surface area (Å²) in [5.41, 5.74) is -0.0569. The minimum atomic E-state index is -2.91. The smallest absolute Gasteiger partial charge is 0.273 e. The maximum absolute atomic E-state index is 11.9. The predicted molar refractivity (Wildman–Crippen MR) is 51.6 cm³/mol. The maximum atomic E-state index is 11.9. The third-order valence-corrected chi connectivity index (χ3v) is 1.84. The first-order valence-electron chi connectivity index (χ1n) is 4.73. The quantitative estimate of drug-likeness (QED) is 0.752. The van der Waals surface area contributed by atoms with E-state index in [0.29, 0.717) is 5.76 Å². The summed E-state index contributed by atoms with van der Waals surface area (Å²) in [6.45, 7) is -0.400. The summed E-state index contributed by atoms with van der Waals surface area (Å²) in [4.78, 5) is 11.4. The minimum Gasteiger partial charge on any atom is -0.385 e. The van der Waals surface area contributed by atoms with Crippen LogP contribution < -0.4 is 5.32 Å². The number of nitrogens with zero attached hydrogens (tertiary/aromatic N) is 1. The molecule has 0 aliphatic rings. The SMILES string of the molecule is COCc1cc(C(=O)NCC(O)C(F)F)no1. The van der Waals surface area contributed by atoms with E-state index in [9.17, 15) is 13.6 Å². The van der Waals surface area contributed by atoms with Crippen molar-refractivity contribution in [1.82, 2.24) is 10.5 Å². The van der Waals surface area contributed by atoms with Gasteiger partial charge in [-0.15, -0.1) is 0 Å². The Balaban J connectivity index is 2.46. The van der Waals surface area contributed by atoms with Crippen LogP contribution in [0.15, 0.2) is 10.6 Å². The predicted octanol–water partition coefficient (Wildman–Crippen LogP) is 0.177. The number of rotatable bonds is 6. The first kappa shape index (κ1) is 13.5. The van der Waals surface area contributed by atoms with Crippen LogP contribution >= 0.6 is 0 Å². The topological polar surface area (TPSA) is 84.6 Å². The fourth-order valence-electron chi connectivity index (χ4n) is 1.01. The van der Waals surface area contributed by atoms with Crippen molar-refractivity contribution in [3.05, 3.63) is 17.5 Å². The Morgan fingerprint density at radius 1 is 1.71 bits per heavy atom. The molecule has 1 amide bonds.